The summed E-state index contributed by atoms with van der Waals surface area (Å²) in [7, 11) is 0. The van der Waals surface area contributed by atoms with Crippen LogP contribution in [0.3, 0.4) is 0 Å². The van der Waals surface area contributed by atoms with Gasteiger partial charge in [0, 0.05) is 13.1 Å². The zero-order valence-corrected chi connectivity index (χ0v) is 8.78. The topological polar surface area (TPSA) is 24.1 Å². The molecule has 0 aromatic heterocycles. The first kappa shape index (κ1) is 10.2. The van der Waals surface area contributed by atoms with E-state index >= 15 is 0 Å². The molecule has 0 aliphatic carbocycles. The van der Waals surface area contributed by atoms with Crippen LogP contribution in [0.4, 0.5) is 11.4 Å². The SMILES string of the molecule is CCNc1cccc(Cl)c1NCC. The second-order valence-electron chi connectivity index (χ2n) is 2.72. The third kappa shape index (κ3) is 2.52. The van der Waals surface area contributed by atoms with Crippen molar-refractivity contribution >= 4 is 23.0 Å². The Morgan fingerprint density at radius 3 is 2.46 bits per heavy atom. The Bertz CT molecular complexity index is 274. The number of rotatable bonds is 4. The molecule has 0 saturated heterocycles. The smallest absolute Gasteiger partial charge is 0.0765 e. The van der Waals surface area contributed by atoms with Gasteiger partial charge in [-0.15, -0.1) is 0 Å². The summed E-state index contributed by atoms with van der Waals surface area (Å²) in [4.78, 5) is 0. The number of para-hydroxylation sites is 1. The lowest BCUT2D eigenvalue weighted by Gasteiger charge is -2.12. The van der Waals surface area contributed by atoms with Crippen molar-refractivity contribution in [2.24, 2.45) is 0 Å². The molecule has 0 aliphatic rings. The first-order valence-corrected chi connectivity index (χ1v) is 4.93. The number of benzene rings is 1. The van der Waals surface area contributed by atoms with Gasteiger partial charge in [0.2, 0.25) is 0 Å². The minimum absolute atomic E-state index is 0.764. The predicted octanol–water partition coefficient (Wildman–Crippen LogP) is 3.20. The highest BCUT2D eigenvalue weighted by Crippen LogP contribution is 2.29. The van der Waals surface area contributed by atoms with Crippen molar-refractivity contribution in [3.8, 4) is 0 Å². The fraction of sp³-hybridized carbons (Fsp3) is 0.400. The molecule has 13 heavy (non-hydrogen) atoms. The Morgan fingerprint density at radius 1 is 1.15 bits per heavy atom. The Kier molecular flexibility index (Phi) is 3.90. The second kappa shape index (κ2) is 4.97. The van der Waals surface area contributed by atoms with E-state index in [0.29, 0.717) is 0 Å². The van der Waals surface area contributed by atoms with E-state index in [-0.39, 0.29) is 0 Å². The molecule has 3 heteroatoms. The summed E-state index contributed by atoms with van der Waals surface area (Å²) in [6.45, 7) is 5.90. The monoisotopic (exact) mass is 198 g/mol. The summed E-state index contributed by atoms with van der Waals surface area (Å²) < 4.78 is 0. The maximum atomic E-state index is 6.04. The Hall–Kier alpha value is -0.890. The van der Waals surface area contributed by atoms with E-state index < -0.39 is 0 Å². The molecule has 72 valence electrons. The van der Waals surface area contributed by atoms with Gasteiger partial charge < -0.3 is 10.6 Å². The molecule has 0 aliphatic heterocycles. The van der Waals surface area contributed by atoms with Crippen LogP contribution in [0.2, 0.25) is 5.02 Å². The first-order chi connectivity index (χ1) is 6.29. The minimum Gasteiger partial charge on any atom is -0.384 e. The van der Waals surface area contributed by atoms with Crippen LogP contribution in [0.15, 0.2) is 18.2 Å². The molecule has 2 N–H and O–H groups in total. The Balaban J connectivity index is 2.95. The zero-order valence-electron chi connectivity index (χ0n) is 8.02. The highest BCUT2D eigenvalue weighted by atomic mass is 35.5. The molecule has 0 saturated carbocycles. The van der Waals surface area contributed by atoms with Gasteiger partial charge in [0.25, 0.3) is 0 Å². The maximum Gasteiger partial charge on any atom is 0.0765 e. The number of nitrogens with one attached hydrogen (secondary N) is 2. The van der Waals surface area contributed by atoms with Gasteiger partial charge >= 0.3 is 0 Å². The lowest BCUT2D eigenvalue weighted by Crippen LogP contribution is -2.04. The number of hydrogen-bond donors (Lipinski definition) is 2. The molecule has 0 bridgehead atoms. The molecular formula is C10H15ClN2. The van der Waals surface area contributed by atoms with Gasteiger partial charge in [-0.05, 0) is 26.0 Å². The fourth-order valence-corrected chi connectivity index (χ4v) is 1.46. The van der Waals surface area contributed by atoms with E-state index in [0.717, 1.165) is 29.5 Å². The standard InChI is InChI=1S/C10H15ClN2/c1-3-12-9-7-5-6-8(11)10(9)13-4-2/h5-7,12-13H,3-4H2,1-2H3. The van der Waals surface area contributed by atoms with Gasteiger partial charge in [0.1, 0.15) is 0 Å². The van der Waals surface area contributed by atoms with Crippen molar-refractivity contribution in [3.05, 3.63) is 23.2 Å². The molecule has 0 amide bonds. The summed E-state index contributed by atoms with van der Waals surface area (Å²) in [5.74, 6) is 0. The minimum atomic E-state index is 0.764. The molecule has 1 aromatic rings. The molecule has 0 unspecified atom stereocenters. The summed E-state index contributed by atoms with van der Waals surface area (Å²) in [6, 6.07) is 5.86. The van der Waals surface area contributed by atoms with Crippen LogP contribution in [0.1, 0.15) is 13.8 Å². The molecule has 0 radical (unpaired) electrons. The van der Waals surface area contributed by atoms with E-state index in [1.165, 1.54) is 0 Å². The maximum absolute atomic E-state index is 6.04. The van der Waals surface area contributed by atoms with Crippen molar-refractivity contribution in [3.63, 3.8) is 0 Å². The van der Waals surface area contributed by atoms with Crippen molar-refractivity contribution in [1.29, 1.82) is 0 Å². The average Bonchev–Trinajstić information content (AvgIpc) is 2.11. The van der Waals surface area contributed by atoms with E-state index in [1.807, 2.05) is 18.2 Å². The van der Waals surface area contributed by atoms with Crippen LogP contribution in [0.25, 0.3) is 0 Å². The molecule has 0 atom stereocenters. The van der Waals surface area contributed by atoms with Crippen LogP contribution in [-0.2, 0) is 0 Å². The highest BCUT2D eigenvalue weighted by molar-refractivity contribution is 6.33. The van der Waals surface area contributed by atoms with Crippen molar-refractivity contribution in [1.82, 2.24) is 0 Å². The lowest BCUT2D eigenvalue weighted by atomic mass is 10.2. The summed E-state index contributed by atoms with van der Waals surface area (Å²) in [5, 5.41) is 7.25. The molecule has 1 rings (SSSR count). The van der Waals surface area contributed by atoms with Crippen molar-refractivity contribution in [2.45, 2.75) is 13.8 Å². The molecule has 1 aromatic carbocycles. The van der Waals surface area contributed by atoms with Gasteiger partial charge in [-0.3, -0.25) is 0 Å². The molecular weight excluding hydrogens is 184 g/mol. The summed E-state index contributed by atoms with van der Waals surface area (Å²) in [6.07, 6.45) is 0. The van der Waals surface area contributed by atoms with Gasteiger partial charge in [-0.1, -0.05) is 17.7 Å². The normalized spacial score (nSPS) is 9.77. The van der Waals surface area contributed by atoms with Crippen LogP contribution in [0, 0.1) is 0 Å². The van der Waals surface area contributed by atoms with Gasteiger partial charge in [-0.25, -0.2) is 0 Å². The van der Waals surface area contributed by atoms with E-state index in [2.05, 4.69) is 24.5 Å². The van der Waals surface area contributed by atoms with Crippen LogP contribution < -0.4 is 10.6 Å². The van der Waals surface area contributed by atoms with Crippen molar-refractivity contribution < 1.29 is 0 Å². The van der Waals surface area contributed by atoms with Gasteiger partial charge in [0.15, 0.2) is 0 Å². The predicted molar refractivity (Wildman–Crippen MR) is 59.8 cm³/mol. The first-order valence-electron chi connectivity index (χ1n) is 4.55. The number of anilines is 2. The zero-order chi connectivity index (χ0) is 9.68. The number of hydrogen-bond acceptors (Lipinski definition) is 2. The summed E-state index contributed by atoms with van der Waals surface area (Å²) >= 11 is 6.04. The van der Waals surface area contributed by atoms with E-state index in [9.17, 15) is 0 Å². The highest BCUT2D eigenvalue weighted by Gasteiger charge is 2.03. The van der Waals surface area contributed by atoms with Crippen LogP contribution in [0.5, 0.6) is 0 Å². The largest absolute Gasteiger partial charge is 0.384 e. The Labute approximate surface area is 84.3 Å². The lowest BCUT2D eigenvalue weighted by molar-refractivity contribution is 1.18. The third-order valence-corrected chi connectivity index (χ3v) is 2.05. The summed E-state index contributed by atoms with van der Waals surface area (Å²) in [5.41, 5.74) is 2.06. The van der Waals surface area contributed by atoms with Crippen molar-refractivity contribution in [2.75, 3.05) is 23.7 Å². The third-order valence-electron chi connectivity index (χ3n) is 1.73. The van der Waals surface area contributed by atoms with E-state index in [4.69, 9.17) is 11.6 Å². The Morgan fingerprint density at radius 2 is 1.85 bits per heavy atom. The fourth-order valence-electron chi connectivity index (χ4n) is 1.22. The number of halogens is 1. The molecule has 2 nitrogen and oxygen atoms in total. The van der Waals surface area contributed by atoms with Gasteiger partial charge in [-0.2, -0.15) is 0 Å². The van der Waals surface area contributed by atoms with Gasteiger partial charge in [0.05, 0.1) is 16.4 Å². The quantitative estimate of drug-likeness (QED) is 0.777. The van der Waals surface area contributed by atoms with Crippen LogP contribution >= 0.6 is 11.6 Å². The molecule has 0 spiro atoms. The average molecular weight is 199 g/mol. The second-order valence-corrected chi connectivity index (χ2v) is 3.13. The van der Waals surface area contributed by atoms with Crippen LogP contribution in [-0.4, -0.2) is 13.1 Å². The van der Waals surface area contributed by atoms with E-state index in [1.54, 1.807) is 0 Å². The molecule has 0 heterocycles. The molecule has 0 fully saturated rings.